The van der Waals surface area contributed by atoms with E-state index in [0.29, 0.717) is 17.4 Å². The molecule has 25 heavy (non-hydrogen) atoms. The van der Waals surface area contributed by atoms with Crippen LogP contribution in [-0.4, -0.2) is 40.9 Å². The standard InChI is InChI=1S/C19H33ClO3Si2/c1-19(2,3)25(7,8)23-16(17-18(22-17)24(4,5)6)13-21-15-11-9-10-14(20)12-15/h9-12,16-18H,13H2,1-8H3/t16-,17?,18?/m0/s1. The van der Waals surface area contributed by atoms with Crippen LogP contribution in [0.25, 0.3) is 0 Å². The van der Waals surface area contributed by atoms with Crippen molar-refractivity contribution in [2.45, 2.75) is 76.5 Å². The Balaban J connectivity index is 2.10. The van der Waals surface area contributed by atoms with E-state index in [0.717, 1.165) is 5.75 Å². The smallest absolute Gasteiger partial charge is 0.192 e. The molecule has 1 aromatic carbocycles. The van der Waals surface area contributed by atoms with Gasteiger partial charge in [0.25, 0.3) is 0 Å². The normalized spacial score (nSPS) is 22.6. The van der Waals surface area contributed by atoms with Crippen LogP contribution in [0.3, 0.4) is 0 Å². The lowest BCUT2D eigenvalue weighted by Crippen LogP contribution is -2.48. The summed E-state index contributed by atoms with van der Waals surface area (Å²) in [4.78, 5) is 0. The first-order valence-corrected chi connectivity index (χ1v) is 15.9. The molecule has 3 atom stereocenters. The minimum Gasteiger partial charge on any atom is -0.491 e. The fraction of sp³-hybridized carbons (Fsp3) is 0.684. The zero-order chi connectivity index (χ0) is 19.0. The second kappa shape index (κ2) is 7.35. The molecule has 1 fully saturated rings. The van der Waals surface area contributed by atoms with E-state index in [1.165, 1.54) is 0 Å². The number of epoxide rings is 1. The van der Waals surface area contributed by atoms with Crippen LogP contribution in [0.4, 0.5) is 0 Å². The van der Waals surface area contributed by atoms with Crippen LogP contribution in [0.1, 0.15) is 20.8 Å². The van der Waals surface area contributed by atoms with Gasteiger partial charge in [0.15, 0.2) is 8.32 Å². The van der Waals surface area contributed by atoms with Crippen molar-refractivity contribution in [3.8, 4) is 5.75 Å². The fourth-order valence-electron chi connectivity index (χ4n) is 2.59. The first kappa shape index (κ1) is 21.0. The zero-order valence-electron chi connectivity index (χ0n) is 16.9. The third-order valence-corrected chi connectivity index (χ3v) is 12.1. The van der Waals surface area contributed by atoms with Gasteiger partial charge >= 0.3 is 0 Å². The Morgan fingerprint density at radius 1 is 1.16 bits per heavy atom. The summed E-state index contributed by atoms with van der Waals surface area (Å²) in [7, 11) is -3.25. The maximum atomic E-state index is 6.68. The van der Waals surface area contributed by atoms with Gasteiger partial charge in [-0.1, -0.05) is 58.1 Å². The zero-order valence-corrected chi connectivity index (χ0v) is 19.6. The van der Waals surface area contributed by atoms with Crippen molar-refractivity contribution < 1.29 is 13.9 Å². The van der Waals surface area contributed by atoms with E-state index in [9.17, 15) is 0 Å². The van der Waals surface area contributed by atoms with Gasteiger partial charge in [0.05, 0.1) is 13.8 Å². The Labute approximate surface area is 160 Å². The Bertz CT molecular complexity index is 593. The molecule has 0 radical (unpaired) electrons. The van der Waals surface area contributed by atoms with Crippen LogP contribution in [0.2, 0.25) is 42.8 Å². The molecule has 0 amide bonds. The SMILES string of the molecule is CC(C)(C)[Si](C)(C)O[C@@H](COc1cccc(Cl)c1)C1OC1[Si](C)(C)C. The number of hydrogen-bond donors (Lipinski definition) is 0. The van der Waals surface area contributed by atoms with Gasteiger partial charge in [0.2, 0.25) is 0 Å². The number of hydrogen-bond acceptors (Lipinski definition) is 3. The average Bonchev–Trinajstić information content (AvgIpc) is 3.22. The van der Waals surface area contributed by atoms with E-state index in [4.69, 9.17) is 25.5 Å². The molecule has 142 valence electrons. The predicted octanol–water partition coefficient (Wildman–Crippen LogP) is 5.75. The Kier molecular flexibility index (Phi) is 6.17. The van der Waals surface area contributed by atoms with E-state index >= 15 is 0 Å². The molecule has 0 aromatic heterocycles. The first-order chi connectivity index (χ1) is 11.3. The number of benzene rings is 1. The van der Waals surface area contributed by atoms with Gasteiger partial charge in [0.1, 0.15) is 24.6 Å². The van der Waals surface area contributed by atoms with E-state index in [1.807, 2.05) is 24.3 Å². The van der Waals surface area contributed by atoms with Crippen LogP contribution in [0.5, 0.6) is 5.75 Å². The lowest BCUT2D eigenvalue weighted by molar-refractivity contribution is 0.0888. The molecule has 0 aliphatic carbocycles. The molecular weight excluding hydrogens is 368 g/mol. The number of halogens is 1. The lowest BCUT2D eigenvalue weighted by atomic mass is 10.2. The van der Waals surface area contributed by atoms with E-state index < -0.39 is 16.4 Å². The quantitative estimate of drug-likeness (QED) is 0.431. The molecule has 2 unspecified atom stereocenters. The highest BCUT2D eigenvalue weighted by Crippen LogP contribution is 2.41. The first-order valence-electron chi connectivity index (χ1n) is 9.03. The second-order valence-corrected chi connectivity index (χ2v) is 20.1. The molecular formula is C19H33ClO3Si2. The van der Waals surface area contributed by atoms with Gasteiger partial charge in [-0.15, -0.1) is 0 Å². The molecule has 1 saturated heterocycles. The molecule has 2 rings (SSSR count). The van der Waals surface area contributed by atoms with Crippen LogP contribution in [0.15, 0.2) is 24.3 Å². The Hall–Kier alpha value is -0.336. The maximum absolute atomic E-state index is 6.68. The molecule has 0 spiro atoms. The van der Waals surface area contributed by atoms with Crippen molar-refractivity contribution >= 4 is 28.0 Å². The van der Waals surface area contributed by atoms with Crippen LogP contribution < -0.4 is 4.74 Å². The summed E-state index contributed by atoms with van der Waals surface area (Å²) in [5, 5.41) is 0.840. The molecule has 3 nitrogen and oxygen atoms in total. The van der Waals surface area contributed by atoms with Gasteiger partial charge in [-0.2, -0.15) is 0 Å². The van der Waals surface area contributed by atoms with Crippen LogP contribution in [-0.2, 0) is 9.16 Å². The summed E-state index contributed by atoms with van der Waals surface area (Å²) in [6, 6.07) is 7.52. The summed E-state index contributed by atoms with van der Waals surface area (Å²) in [6.45, 7) is 18.9. The molecule has 1 heterocycles. The van der Waals surface area contributed by atoms with Gasteiger partial charge < -0.3 is 13.9 Å². The van der Waals surface area contributed by atoms with Crippen molar-refractivity contribution in [2.75, 3.05) is 6.61 Å². The largest absolute Gasteiger partial charge is 0.491 e. The topological polar surface area (TPSA) is 31.0 Å². The molecule has 0 bridgehead atoms. The van der Waals surface area contributed by atoms with E-state index in [-0.39, 0.29) is 17.2 Å². The fourth-order valence-corrected chi connectivity index (χ4v) is 5.85. The van der Waals surface area contributed by atoms with E-state index in [2.05, 4.69) is 53.5 Å². The number of rotatable bonds is 7. The predicted molar refractivity (Wildman–Crippen MR) is 111 cm³/mol. The van der Waals surface area contributed by atoms with Crippen molar-refractivity contribution in [1.29, 1.82) is 0 Å². The summed E-state index contributed by atoms with van der Waals surface area (Å²) >= 11 is 6.06. The van der Waals surface area contributed by atoms with Gasteiger partial charge in [0, 0.05) is 5.02 Å². The summed E-state index contributed by atoms with van der Waals surface area (Å²) < 4.78 is 18.8. The highest BCUT2D eigenvalue weighted by atomic mass is 35.5. The van der Waals surface area contributed by atoms with Crippen LogP contribution >= 0.6 is 11.6 Å². The summed E-state index contributed by atoms with van der Waals surface area (Å²) in [5.74, 6) is 0.779. The maximum Gasteiger partial charge on any atom is 0.192 e. The molecule has 1 aromatic rings. The van der Waals surface area contributed by atoms with Crippen molar-refractivity contribution in [3.63, 3.8) is 0 Å². The van der Waals surface area contributed by atoms with Crippen molar-refractivity contribution in [2.24, 2.45) is 0 Å². The van der Waals surface area contributed by atoms with E-state index in [1.54, 1.807) is 0 Å². The average molecular weight is 401 g/mol. The summed E-state index contributed by atoms with van der Waals surface area (Å²) in [6.07, 6.45) is 0.122. The minimum absolute atomic E-state index is 0.0309. The highest BCUT2D eigenvalue weighted by molar-refractivity contribution is 6.78. The second-order valence-electron chi connectivity index (χ2n) is 9.57. The van der Waals surface area contributed by atoms with Crippen molar-refractivity contribution in [3.05, 3.63) is 29.3 Å². The Morgan fingerprint density at radius 3 is 2.28 bits per heavy atom. The monoisotopic (exact) mass is 400 g/mol. The van der Waals surface area contributed by atoms with Gasteiger partial charge in [-0.25, -0.2) is 0 Å². The van der Waals surface area contributed by atoms with Crippen LogP contribution in [0, 0.1) is 0 Å². The lowest BCUT2D eigenvalue weighted by Gasteiger charge is -2.39. The third-order valence-electron chi connectivity index (χ3n) is 5.21. The molecule has 6 heteroatoms. The number of ether oxygens (including phenoxy) is 2. The van der Waals surface area contributed by atoms with Gasteiger partial charge in [-0.05, 0) is 36.3 Å². The molecule has 1 aliphatic rings. The highest BCUT2D eigenvalue weighted by Gasteiger charge is 2.54. The van der Waals surface area contributed by atoms with Gasteiger partial charge in [-0.3, -0.25) is 0 Å². The third kappa shape index (κ3) is 5.57. The Morgan fingerprint density at radius 2 is 1.80 bits per heavy atom. The molecule has 1 aliphatic heterocycles. The molecule has 0 N–H and O–H groups in total. The minimum atomic E-state index is -1.90. The summed E-state index contributed by atoms with van der Waals surface area (Å²) in [5.41, 5.74) is 0.352. The van der Waals surface area contributed by atoms with Crippen molar-refractivity contribution in [1.82, 2.24) is 0 Å². The molecule has 0 saturated carbocycles.